The van der Waals surface area contributed by atoms with Crippen LogP contribution in [0.15, 0.2) is 48.5 Å². The van der Waals surface area contributed by atoms with Crippen molar-refractivity contribution in [1.29, 1.82) is 0 Å². The molecule has 2 aliphatic heterocycles. The fourth-order valence-electron chi connectivity index (χ4n) is 5.96. The molecule has 2 aliphatic carbocycles. The second-order valence-electron chi connectivity index (χ2n) is 10.6. The molecule has 2 saturated heterocycles. The van der Waals surface area contributed by atoms with Gasteiger partial charge in [-0.05, 0) is 55.4 Å². The third-order valence-electron chi connectivity index (χ3n) is 8.32. The van der Waals surface area contributed by atoms with Crippen LogP contribution in [0.25, 0.3) is 0 Å². The lowest BCUT2D eigenvalue weighted by molar-refractivity contribution is -0.143. The summed E-state index contributed by atoms with van der Waals surface area (Å²) >= 11 is 0. The maximum atomic E-state index is 13.7. The largest absolute Gasteiger partial charge is 0.427 e. The topological polar surface area (TPSA) is 79.4 Å². The zero-order chi connectivity index (χ0) is 25.6. The van der Waals surface area contributed by atoms with E-state index in [2.05, 4.69) is 17.9 Å². The van der Waals surface area contributed by atoms with Gasteiger partial charge in [0.05, 0.1) is 13.2 Å². The standard InChI is InChI=1S/C29H33N3O5/c1-20(22-7-8-22)31(18-21-5-3-2-4-6-21)26(33)19-32-27(34)29(37-28(32)35)12-11-23-17-24(9-10-25(23)29)30-13-15-36-16-14-30/h2-6,9-10,17,20,22H,7-8,11-16,18-19H2,1H3/t20-,29?/m0/s1. The van der Waals surface area contributed by atoms with E-state index in [-0.39, 0.29) is 18.5 Å². The van der Waals surface area contributed by atoms with E-state index in [4.69, 9.17) is 9.47 Å². The van der Waals surface area contributed by atoms with Gasteiger partial charge in [0.1, 0.15) is 6.54 Å². The normalized spacial score (nSPS) is 23.8. The van der Waals surface area contributed by atoms with Crippen molar-refractivity contribution in [3.63, 3.8) is 0 Å². The van der Waals surface area contributed by atoms with Gasteiger partial charge in [-0.2, -0.15) is 0 Å². The number of hydrogen-bond acceptors (Lipinski definition) is 6. The molecule has 4 aliphatic rings. The molecule has 0 bridgehead atoms. The number of carbonyl (C=O) groups is 3. The van der Waals surface area contributed by atoms with Crippen LogP contribution < -0.4 is 4.90 Å². The maximum Gasteiger partial charge on any atom is 0.418 e. The number of imide groups is 1. The molecule has 2 heterocycles. The Morgan fingerprint density at radius 3 is 2.59 bits per heavy atom. The fourth-order valence-corrected chi connectivity index (χ4v) is 5.96. The quantitative estimate of drug-likeness (QED) is 0.576. The summed E-state index contributed by atoms with van der Waals surface area (Å²) in [5, 5.41) is 0. The van der Waals surface area contributed by atoms with Crippen molar-refractivity contribution in [2.75, 3.05) is 37.7 Å². The van der Waals surface area contributed by atoms with Crippen LogP contribution in [0.2, 0.25) is 0 Å². The SMILES string of the molecule is C[C@@H](C1CC1)N(Cc1ccccc1)C(=O)CN1C(=O)OC2(CCc3cc(N4CCOCC4)ccc32)C1=O. The van der Waals surface area contributed by atoms with Gasteiger partial charge in [0, 0.05) is 43.3 Å². The van der Waals surface area contributed by atoms with E-state index >= 15 is 0 Å². The summed E-state index contributed by atoms with van der Waals surface area (Å²) in [5.41, 5.74) is 2.55. The number of aryl methyl sites for hydroxylation is 1. The van der Waals surface area contributed by atoms with Gasteiger partial charge in [-0.25, -0.2) is 9.69 Å². The van der Waals surface area contributed by atoms with Crippen molar-refractivity contribution < 1.29 is 23.9 Å². The number of ether oxygens (including phenoxy) is 2. The van der Waals surface area contributed by atoms with Crippen molar-refractivity contribution in [1.82, 2.24) is 9.80 Å². The Labute approximate surface area is 217 Å². The van der Waals surface area contributed by atoms with Crippen molar-refractivity contribution in [2.24, 2.45) is 5.92 Å². The molecule has 1 spiro atoms. The number of rotatable bonds is 7. The summed E-state index contributed by atoms with van der Waals surface area (Å²) in [5.74, 6) is -0.198. The first-order chi connectivity index (χ1) is 18.0. The number of fused-ring (bicyclic) bond motifs is 2. The Morgan fingerprint density at radius 2 is 1.86 bits per heavy atom. The first-order valence-electron chi connectivity index (χ1n) is 13.3. The molecule has 1 unspecified atom stereocenters. The van der Waals surface area contributed by atoms with Gasteiger partial charge >= 0.3 is 6.09 Å². The van der Waals surface area contributed by atoms with Gasteiger partial charge in [-0.1, -0.05) is 36.4 Å². The Bertz CT molecular complexity index is 1210. The average molecular weight is 504 g/mol. The molecule has 37 heavy (non-hydrogen) atoms. The van der Waals surface area contributed by atoms with E-state index in [9.17, 15) is 14.4 Å². The first-order valence-corrected chi connectivity index (χ1v) is 13.3. The zero-order valence-electron chi connectivity index (χ0n) is 21.2. The average Bonchev–Trinajstić information content (AvgIpc) is 3.68. The van der Waals surface area contributed by atoms with Crippen LogP contribution in [0.3, 0.4) is 0 Å². The minimum Gasteiger partial charge on any atom is -0.427 e. The van der Waals surface area contributed by atoms with Crippen molar-refractivity contribution in [3.8, 4) is 0 Å². The molecule has 0 radical (unpaired) electrons. The highest BCUT2D eigenvalue weighted by Crippen LogP contribution is 2.46. The number of carbonyl (C=O) groups excluding carboxylic acids is 3. The highest BCUT2D eigenvalue weighted by Gasteiger charge is 2.58. The number of anilines is 1. The zero-order valence-corrected chi connectivity index (χ0v) is 21.2. The molecular weight excluding hydrogens is 470 g/mol. The molecule has 2 aromatic rings. The molecule has 3 amide bonds. The van der Waals surface area contributed by atoms with E-state index in [0.717, 1.165) is 53.2 Å². The molecule has 3 fully saturated rings. The van der Waals surface area contributed by atoms with Gasteiger partial charge in [0.25, 0.3) is 5.91 Å². The Kier molecular flexibility index (Phi) is 6.15. The lowest BCUT2D eigenvalue weighted by Crippen LogP contribution is -2.47. The number of benzene rings is 2. The number of amides is 3. The summed E-state index contributed by atoms with van der Waals surface area (Å²) in [6.45, 7) is 5.25. The molecule has 8 heteroatoms. The molecule has 0 aromatic heterocycles. The summed E-state index contributed by atoms with van der Waals surface area (Å²) in [6.07, 6.45) is 2.50. The van der Waals surface area contributed by atoms with Gasteiger partial charge in [-0.3, -0.25) is 9.59 Å². The predicted octanol–water partition coefficient (Wildman–Crippen LogP) is 3.47. The maximum absolute atomic E-state index is 13.7. The van der Waals surface area contributed by atoms with Crippen LogP contribution >= 0.6 is 0 Å². The van der Waals surface area contributed by atoms with Crippen molar-refractivity contribution in [2.45, 2.75) is 50.8 Å². The monoisotopic (exact) mass is 503 g/mol. The minimum absolute atomic E-state index is 0.0428. The molecule has 0 N–H and O–H groups in total. The van der Waals surface area contributed by atoms with Gasteiger partial charge in [0.15, 0.2) is 0 Å². The van der Waals surface area contributed by atoms with Crippen LogP contribution in [-0.2, 0) is 37.6 Å². The molecule has 2 aromatic carbocycles. The molecule has 194 valence electrons. The van der Waals surface area contributed by atoms with Crippen LogP contribution in [0.5, 0.6) is 0 Å². The van der Waals surface area contributed by atoms with E-state index in [0.29, 0.717) is 38.5 Å². The molecule has 6 rings (SSSR count). The summed E-state index contributed by atoms with van der Waals surface area (Å²) in [4.78, 5) is 45.3. The van der Waals surface area contributed by atoms with Gasteiger partial charge < -0.3 is 19.3 Å². The lowest BCUT2D eigenvalue weighted by atomic mass is 9.94. The second-order valence-corrected chi connectivity index (χ2v) is 10.6. The highest BCUT2D eigenvalue weighted by molar-refractivity contribution is 6.06. The third kappa shape index (κ3) is 4.37. The molecular formula is C29H33N3O5. The predicted molar refractivity (Wildman–Crippen MR) is 137 cm³/mol. The van der Waals surface area contributed by atoms with Crippen LogP contribution in [0, 0.1) is 5.92 Å². The first kappa shape index (κ1) is 24.0. The minimum atomic E-state index is -1.33. The molecule has 2 atom stereocenters. The third-order valence-corrected chi connectivity index (χ3v) is 8.32. The fraction of sp³-hybridized carbons (Fsp3) is 0.483. The van der Waals surface area contributed by atoms with Crippen molar-refractivity contribution in [3.05, 3.63) is 65.2 Å². The van der Waals surface area contributed by atoms with Gasteiger partial charge in [0.2, 0.25) is 11.5 Å². The highest BCUT2D eigenvalue weighted by atomic mass is 16.6. The van der Waals surface area contributed by atoms with E-state index < -0.39 is 17.6 Å². The number of nitrogens with zero attached hydrogens (tertiary/aromatic N) is 3. The summed E-state index contributed by atoms with van der Waals surface area (Å²) in [6, 6.07) is 15.9. The smallest absolute Gasteiger partial charge is 0.418 e. The molecule has 8 nitrogen and oxygen atoms in total. The van der Waals surface area contributed by atoms with E-state index in [1.54, 1.807) is 0 Å². The Hall–Kier alpha value is -3.39. The second kappa shape index (κ2) is 9.49. The van der Waals surface area contributed by atoms with E-state index in [1.807, 2.05) is 47.4 Å². The van der Waals surface area contributed by atoms with E-state index in [1.165, 1.54) is 0 Å². The summed E-state index contributed by atoms with van der Waals surface area (Å²) < 4.78 is 11.3. The Morgan fingerprint density at radius 1 is 1.11 bits per heavy atom. The Balaban J connectivity index is 1.21. The lowest BCUT2D eigenvalue weighted by Gasteiger charge is -2.31. The number of morpholine rings is 1. The summed E-state index contributed by atoms with van der Waals surface area (Å²) in [7, 11) is 0. The van der Waals surface area contributed by atoms with Crippen LogP contribution in [-0.4, -0.2) is 66.6 Å². The van der Waals surface area contributed by atoms with Gasteiger partial charge in [-0.15, -0.1) is 0 Å². The van der Waals surface area contributed by atoms with Crippen LogP contribution in [0.1, 0.15) is 42.9 Å². The van der Waals surface area contributed by atoms with Crippen LogP contribution in [0.4, 0.5) is 10.5 Å². The van der Waals surface area contributed by atoms with Crippen molar-refractivity contribution >= 4 is 23.6 Å². The number of hydrogen-bond donors (Lipinski definition) is 0. The molecule has 1 saturated carbocycles.